The first-order chi connectivity index (χ1) is 10.3. The number of halogens is 3. The minimum absolute atomic E-state index is 0.0585. The van der Waals surface area contributed by atoms with Gasteiger partial charge in [-0.3, -0.25) is 4.79 Å². The van der Waals surface area contributed by atoms with Gasteiger partial charge in [0.1, 0.15) is 6.54 Å². The van der Waals surface area contributed by atoms with Crippen LogP contribution in [0.2, 0.25) is 0 Å². The molecule has 10 heteroatoms. The van der Waals surface area contributed by atoms with Crippen LogP contribution in [-0.4, -0.2) is 32.0 Å². The molecule has 22 heavy (non-hydrogen) atoms. The monoisotopic (exact) mass is 314 g/mol. The van der Waals surface area contributed by atoms with E-state index in [-0.39, 0.29) is 11.4 Å². The lowest BCUT2D eigenvalue weighted by molar-refractivity contribution is -0.137. The lowest BCUT2D eigenvalue weighted by atomic mass is 10.2. The van der Waals surface area contributed by atoms with Gasteiger partial charge < -0.3 is 10.4 Å². The number of carbonyl (C=O) groups is 2. The van der Waals surface area contributed by atoms with Crippen molar-refractivity contribution in [2.45, 2.75) is 12.7 Å². The predicted molar refractivity (Wildman–Crippen MR) is 67.1 cm³/mol. The van der Waals surface area contributed by atoms with Crippen molar-refractivity contribution >= 4 is 17.6 Å². The molecule has 1 aromatic heterocycles. The summed E-state index contributed by atoms with van der Waals surface area (Å²) in [5.41, 5.74) is -1.27. The summed E-state index contributed by atoms with van der Waals surface area (Å²) >= 11 is 0. The summed E-state index contributed by atoms with van der Waals surface area (Å²) in [7, 11) is 0. The van der Waals surface area contributed by atoms with Gasteiger partial charge in [-0.1, -0.05) is 11.3 Å². The molecule has 1 heterocycles. The molecule has 1 aromatic carbocycles. The number of benzene rings is 1. The molecular weight excluding hydrogens is 305 g/mol. The Morgan fingerprint density at radius 3 is 2.68 bits per heavy atom. The van der Waals surface area contributed by atoms with E-state index >= 15 is 0 Å². The van der Waals surface area contributed by atoms with Crippen LogP contribution < -0.4 is 5.32 Å². The smallest absolute Gasteiger partial charge is 0.416 e. The van der Waals surface area contributed by atoms with E-state index in [1.54, 1.807) is 0 Å². The fourth-order valence-corrected chi connectivity index (χ4v) is 1.65. The summed E-state index contributed by atoms with van der Waals surface area (Å²) in [5, 5.41) is 17.8. The zero-order valence-corrected chi connectivity index (χ0v) is 10.8. The molecule has 0 aliphatic carbocycles. The highest BCUT2D eigenvalue weighted by molar-refractivity contribution is 5.91. The Kier molecular flexibility index (Phi) is 4.11. The van der Waals surface area contributed by atoms with Crippen LogP contribution in [0.25, 0.3) is 0 Å². The number of rotatable bonds is 4. The van der Waals surface area contributed by atoms with Crippen LogP contribution >= 0.6 is 0 Å². The van der Waals surface area contributed by atoms with E-state index in [1.807, 2.05) is 0 Å². The number of carboxylic acids is 1. The molecule has 1 amide bonds. The van der Waals surface area contributed by atoms with Gasteiger partial charge in [-0.2, -0.15) is 13.2 Å². The Morgan fingerprint density at radius 1 is 1.32 bits per heavy atom. The summed E-state index contributed by atoms with van der Waals surface area (Å²) in [6.45, 7) is -0.488. The van der Waals surface area contributed by atoms with Crippen molar-refractivity contribution in [3.63, 3.8) is 0 Å². The van der Waals surface area contributed by atoms with Gasteiger partial charge in [-0.15, -0.1) is 5.10 Å². The molecule has 0 aliphatic heterocycles. The second kappa shape index (κ2) is 5.84. The van der Waals surface area contributed by atoms with Crippen molar-refractivity contribution in [1.82, 2.24) is 15.0 Å². The SMILES string of the molecule is O=C(Cn1nncc1C(=O)O)Nc1cccc(C(F)(F)F)c1. The van der Waals surface area contributed by atoms with E-state index in [0.717, 1.165) is 29.1 Å². The fourth-order valence-electron chi connectivity index (χ4n) is 1.65. The van der Waals surface area contributed by atoms with Crippen molar-refractivity contribution in [3.05, 3.63) is 41.7 Å². The van der Waals surface area contributed by atoms with Crippen LogP contribution in [0.4, 0.5) is 18.9 Å². The van der Waals surface area contributed by atoms with Crippen LogP contribution in [-0.2, 0) is 17.5 Å². The summed E-state index contributed by atoms with van der Waals surface area (Å²) in [6, 6.07) is 4.08. The lowest BCUT2D eigenvalue weighted by Crippen LogP contribution is -2.22. The molecule has 2 aromatic rings. The first kappa shape index (κ1) is 15.5. The van der Waals surface area contributed by atoms with E-state index < -0.39 is 30.2 Å². The number of anilines is 1. The molecule has 0 unspecified atom stereocenters. The third-order valence-corrected chi connectivity index (χ3v) is 2.60. The molecule has 0 saturated carbocycles. The number of aromatic nitrogens is 3. The van der Waals surface area contributed by atoms with Gasteiger partial charge in [0.05, 0.1) is 11.8 Å². The van der Waals surface area contributed by atoms with E-state index in [1.165, 1.54) is 6.07 Å². The van der Waals surface area contributed by atoms with Gasteiger partial charge in [0.25, 0.3) is 0 Å². The van der Waals surface area contributed by atoms with E-state index in [0.29, 0.717) is 0 Å². The number of alkyl halides is 3. The maximum atomic E-state index is 12.6. The summed E-state index contributed by atoms with van der Waals surface area (Å²) in [4.78, 5) is 22.6. The molecule has 0 bridgehead atoms. The maximum Gasteiger partial charge on any atom is 0.416 e. The zero-order valence-electron chi connectivity index (χ0n) is 10.8. The number of aromatic carboxylic acids is 1. The van der Waals surface area contributed by atoms with Crippen LogP contribution in [0.15, 0.2) is 30.5 Å². The normalized spacial score (nSPS) is 11.2. The van der Waals surface area contributed by atoms with E-state index in [2.05, 4.69) is 15.6 Å². The van der Waals surface area contributed by atoms with E-state index in [9.17, 15) is 22.8 Å². The van der Waals surface area contributed by atoms with Crippen LogP contribution in [0, 0.1) is 0 Å². The molecule has 0 aliphatic rings. The van der Waals surface area contributed by atoms with Gasteiger partial charge in [-0.05, 0) is 18.2 Å². The van der Waals surface area contributed by atoms with Gasteiger partial charge in [0.15, 0.2) is 5.69 Å². The Morgan fingerprint density at radius 2 is 2.05 bits per heavy atom. The number of hydrogen-bond donors (Lipinski definition) is 2. The number of nitrogens with one attached hydrogen (secondary N) is 1. The maximum absolute atomic E-state index is 12.6. The molecule has 2 N–H and O–H groups in total. The van der Waals surface area contributed by atoms with Crippen molar-refractivity contribution < 1.29 is 27.9 Å². The second-order valence-corrected chi connectivity index (χ2v) is 4.21. The van der Waals surface area contributed by atoms with Crippen molar-refractivity contribution in [2.24, 2.45) is 0 Å². The topological polar surface area (TPSA) is 97.1 Å². The summed E-state index contributed by atoms with van der Waals surface area (Å²) < 4.78 is 38.5. The Hall–Kier alpha value is -2.91. The standard InChI is InChI=1S/C12H9F3N4O3/c13-12(14,15)7-2-1-3-8(4-7)17-10(20)6-19-9(11(21)22)5-16-18-19/h1-5H,6H2,(H,17,20)(H,21,22). The highest BCUT2D eigenvalue weighted by Gasteiger charge is 2.30. The first-order valence-corrected chi connectivity index (χ1v) is 5.86. The van der Waals surface area contributed by atoms with Crippen LogP contribution in [0.3, 0.4) is 0 Å². The van der Waals surface area contributed by atoms with Gasteiger partial charge in [0, 0.05) is 5.69 Å². The minimum Gasteiger partial charge on any atom is -0.476 e. The lowest BCUT2D eigenvalue weighted by Gasteiger charge is -2.10. The number of nitrogens with zero attached hydrogens (tertiary/aromatic N) is 3. The van der Waals surface area contributed by atoms with Crippen LogP contribution in [0.1, 0.15) is 16.1 Å². The quantitative estimate of drug-likeness (QED) is 0.894. The third-order valence-electron chi connectivity index (χ3n) is 2.60. The van der Waals surface area contributed by atoms with Gasteiger partial charge in [-0.25, -0.2) is 9.48 Å². The molecule has 0 atom stereocenters. The number of carboxylic acid groups (broad SMARTS) is 1. The third kappa shape index (κ3) is 3.59. The minimum atomic E-state index is -4.52. The largest absolute Gasteiger partial charge is 0.476 e. The van der Waals surface area contributed by atoms with Crippen molar-refractivity contribution in [3.8, 4) is 0 Å². The highest BCUT2D eigenvalue weighted by atomic mass is 19.4. The Bertz CT molecular complexity index is 712. The molecule has 0 radical (unpaired) electrons. The van der Waals surface area contributed by atoms with Gasteiger partial charge >= 0.3 is 12.1 Å². The van der Waals surface area contributed by atoms with Crippen LogP contribution in [0.5, 0.6) is 0 Å². The molecular formula is C12H9F3N4O3. The predicted octanol–water partition coefficient (Wildman–Crippen LogP) is 1.63. The molecule has 0 saturated heterocycles. The highest BCUT2D eigenvalue weighted by Crippen LogP contribution is 2.30. The number of carbonyl (C=O) groups excluding carboxylic acids is 1. The fraction of sp³-hybridized carbons (Fsp3) is 0.167. The van der Waals surface area contributed by atoms with E-state index in [4.69, 9.17) is 5.11 Å². The Labute approximate surface area is 121 Å². The summed E-state index contributed by atoms with van der Waals surface area (Å²) in [5.74, 6) is -2.05. The molecule has 116 valence electrons. The number of hydrogen-bond acceptors (Lipinski definition) is 4. The summed E-state index contributed by atoms with van der Waals surface area (Å²) in [6.07, 6.45) is -3.57. The van der Waals surface area contributed by atoms with Crippen molar-refractivity contribution in [1.29, 1.82) is 0 Å². The first-order valence-electron chi connectivity index (χ1n) is 5.86. The zero-order chi connectivity index (χ0) is 16.3. The molecule has 0 fully saturated rings. The average molecular weight is 314 g/mol. The van der Waals surface area contributed by atoms with Crippen molar-refractivity contribution in [2.75, 3.05) is 5.32 Å². The molecule has 0 spiro atoms. The number of amides is 1. The average Bonchev–Trinajstić information content (AvgIpc) is 2.86. The molecule has 7 nitrogen and oxygen atoms in total. The van der Waals surface area contributed by atoms with Gasteiger partial charge in [0.2, 0.25) is 5.91 Å². The molecule has 2 rings (SSSR count). The Balaban J connectivity index is 2.09. The second-order valence-electron chi connectivity index (χ2n) is 4.21.